The number of anilines is 1. The molecule has 12 heavy (non-hydrogen) atoms. The average molecular weight is 246 g/mol. The van der Waals surface area contributed by atoms with Crippen LogP contribution in [0.25, 0.3) is 0 Å². The molecule has 62 valence electrons. The maximum absolute atomic E-state index is 8.30. The molecule has 0 aliphatic rings. The number of nitriles is 1. The second-order valence-corrected chi connectivity index (χ2v) is 3.40. The highest BCUT2D eigenvalue weighted by Crippen LogP contribution is 2.25. The molecule has 2 nitrogen and oxygen atoms in total. The Morgan fingerprint density at radius 3 is 2.92 bits per heavy atom. The number of rotatable bonds is 2. The van der Waals surface area contributed by atoms with Crippen molar-refractivity contribution in [3.8, 4) is 6.07 Å². The van der Waals surface area contributed by atoms with E-state index in [-0.39, 0.29) is 6.54 Å². The second kappa shape index (κ2) is 4.34. The lowest BCUT2D eigenvalue weighted by molar-refractivity contribution is 1.32. The van der Waals surface area contributed by atoms with Crippen molar-refractivity contribution in [2.75, 3.05) is 11.9 Å². The average Bonchev–Trinajstić information content (AvgIpc) is 2.07. The van der Waals surface area contributed by atoms with Gasteiger partial charge in [-0.25, -0.2) is 0 Å². The van der Waals surface area contributed by atoms with Gasteiger partial charge in [0.2, 0.25) is 0 Å². The summed E-state index contributed by atoms with van der Waals surface area (Å²) in [4.78, 5) is 0. The first-order valence-corrected chi connectivity index (χ1v) is 4.47. The SMILES string of the molecule is N#CCNc1ccc(Br)c(Cl)c1. The van der Waals surface area contributed by atoms with Gasteiger partial charge in [0, 0.05) is 10.2 Å². The van der Waals surface area contributed by atoms with Gasteiger partial charge in [-0.1, -0.05) is 11.6 Å². The van der Waals surface area contributed by atoms with E-state index >= 15 is 0 Å². The van der Waals surface area contributed by atoms with E-state index in [2.05, 4.69) is 21.2 Å². The van der Waals surface area contributed by atoms with Gasteiger partial charge in [-0.2, -0.15) is 5.26 Å². The van der Waals surface area contributed by atoms with Gasteiger partial charge in [0.15, 0.2) is 0 Å². The Kier molecular flexibility index (Phi) is 3.39. The molecule has 1 N–H and O–H groups in total. The fraction of sp³-hybridized carbons (Fsp3) is 0.125. The summed E-state index contributed by atoms with van der Waals surface area (Å²) in [6.45, 7) is 0.290. The summed E-state index contributed by atoms with van der Waals surface area (Å²) in [6, 6.07) is 7.44. The maximum atomic E-state index is 8.30. The molecular weight excluding hydrogens is 239 g/mol. The Balaban J connectivity index is 2.77. The summed E-state index contributed by atoms with van der Waals surface area (Å²) in [6.07, 6.45) is 0. The molecule has 0 saturated carbocycles. The van der Waals surface area contributed by atoms with Gasteiger partial charge in [0.1, 0.15) is 6.54 Å². The van der Waals surface area contributed by atoms with E-state index in [9.17, 15) is 0 Å². The van der Waals surface area contributed by atoms with Gasteiger partial charge >= 0.3 is 0 Å². The molecule has 0 saturated heterocycles. The van der Waals surface area contributed by atoms with Crippen LogP contribution >= 0.6 is 27.5 Å². The van der Waals surface area contributed by atoms with E-state index in [0.717, 1.165) is 10.2 Å². The van der Waals surface area contributed by atoms with Crippen LogP contribution in [-0.2, 0) is 0 Å². The standard InChI is InChI=1S/C8H6BrClN2/c9-7-2-1-6(5-8(7)10)12-4-3-11/h1-2,5,12H,4H2. The smallest absolute Gasteiger partial charge is 0.103 e. The minimum Gasteiger partial charge on any atom is -0.372 e. The first-order chi connectivity index (χ1) is 5.74. The fourth-order valence-electron chi connectivity index (χ4n) is 0.748. The zero-order chi connectivity index (χ0) is 8.97. The highest BCUT2D eigenvalue weighted by Gasteiger charge is 1.97. The lowest BCUT2D eigenvalue weighted by Crippen LogP contribution is -1.97. The summed E-state index contributed by atoms with van der Waals surface area (Å²) >= 11 is 9.10. The number of nitrogens with zero attached hydrogens (tertiary/aromatic N) is 1. The summed E-state index contributed by atoms with van der Waals surface area (Å²) in [5.41, 5.74) is 0.852. The molecule has 1 aromatic rings. The van der Waals surface area contributed by atoms with Gasteiger partial charge in [-0.15, -0.1) is 0 Å². The lowest BCUT2D eigenvalue weighted by Gasteiger charge is -2.02. The van der Waals surface area contributed by atoms with Crippen LogP contribution in [-0.4, -0.2) is 6.54 Å². The molecule has 1 rings (SSSR count). The van der Waals surface area contributed by atoms with Crippen molar-refractivity contribution in [2.45, 2.75) is 0 Å². The zero-order valence-corrected chi connectivity index (χ0v) is 8.48. The molecular formula is C8H6BrClN2. The maximum Gasteiger partial charge on any atom is 0.103 e. The molecule has 0 fully saturated rings. The van der Waals surface area contributed by atoms with Gasteiger partial charge < -0.3 is 5.32 Å². The van der Waals surface area contributed by atoms with Gasteiger partial charge in [-0.05, 0) is 34.1 Å². The molecule has 1 aromatic carbocycles. The van der Waals surface area contributed by atoms with Crippen molar-refractivity contribution in [3.63, 3.8) is 0 Å². The minimum absolute atomic E-state index is 0.290. The number of hydrogen-bond donors (Lipinski definition) is 1. The monoisotopic (exact) mass is 244 g/mol. The molecule has 0 aromatic heterocycles. The summed E-state index contributed by atoms with van der Waals surface area (Å²) in [5, 5.41) is 11.8. The van der Waals surface area contributed by atoms with Gasteiger partial charge in [0.25, 0.3) is 0 Å². The van der Waals surface area contributed by atoms with Gasteiger partial charge in [0.05, 0.1) is 11.1 Å². The number of hydrogen-bond acceptors (Lipinski definition) is 2. The number of benzene rings is 1. The Labute approximate surface area is 84.3 Å². The molecule has 0 spiro atoms. The third-order valence-electron chi connectivity index (χ3n) is 1.29. The first-order valence-electron chi connectivity index (χ1n) is 3.30. The molecule has 0 amide bonds. The van der Waals surface area contributed by atoms with Crippen LogP contribution < -0.4 is 5.32 Å². The first kappa shape index (κ1) is 9.37. The topological polar surface area (TPSA) is 35.8 Å². The Morgan fingerprint density at radius 1 is 1.58 bits per heavy atom. The van der Waals surface area contributed by atoms with E-state index in [4.69, 9.17) is 16.9 Å². The Hall–Kier alpha value is -0.720. The normalized spacial score (nSPS) is 9.08. The number of nitrogens with one attached hydrogen (secondary N) is 1. The molecule has 0 radical (unpaired) electrons. The molecule has 0 atom stereocenters. The van der Waals surface area contributed by atoms with Crippen molar-refractivity contribution in [3.05, 3.63) is 27.7 Å². The van der Waals surface area contributed by atoms with Crippen LogP contribution in [0.1, 0.15) is 0 Å². The van der Waals surface area contributed by atoms with Crippen molar-refractivity contribution >= 4 is 33.2 Å². The zero-order valence-electron chi connectivity index (χ0n) is 6.14. The van der Waals surface area contributed by atoms with E-state index in [0.29, 0.717) is 5.02 Å². The van der Waals surface area contributed by atoms with E-state index in [1.54, 1.807) is 6.07 Å². The molecule has 4 heteroatoms. The van der Waals surface area contributed by atoms with Crippen molar-refractivity contribution in [1.82, 2.24) is 0 Å². The lowest BCUT2D eigenvalue weighted by atomic mass is 10.3. The van der Waals surface area contributed by atoms with E-state index in [1.165, 1.54) is 0 Å². The highest BCUT2D eigenvalue weighted by molar-refractivity contribution is 9.10. The quantitative estimate of drug-likeness (QED) is 0.813. The Bertz CT molecular complexity index is 319. The van der Waals surface area contributed by atoms with E-state index in [1.807, 2.05) is 18.2 Å². The van der Waals surface area contributed by atoms with Gasteiger partial charge in [-0.3, -0.25) is 0 Å². The van der Waals surface area contributed by atoms with Crippen LogP contribution in [0.3, 0.4) is 0 Å². The third-order valence-corrected chi connectivity index (χ3v) is 2.52. The molecule has 0 aliphatic heterocycles. The number of halogens is 2. The van der Waals surface area contributed by atoms with Crippen molar-refractivity contribution < 1.29 is 0 Å². The van der Waals surface area contributed by atoms with E-state index < -0.39 is 0 Å². The predicted molar refractivity (Wildman–Crippen MR) is 53.3 cm³/mol. The summed E-state index contributed by atoms with van der Waals surface area (Å²) < 4.78 is 0.853. The molecule has 0 unspecified atom stereocenters. The van der Waals surface area contributed by atoms with Crippen LogP contribution in [0.4, 0.5) is 5.69 Å². The third kappa shape index (κ3) is 2.40. The van der Waals surface area contributed by atoms with Crippen molar-refractivity contribution in [1.29, 1.82) is 5.26 Å². The fourth-order valence-corrected chi connectivity index (χ4v) is 1.17. The molecule has 0 aliphatic carbocycles. The molecule has 0 bridgehead atoms. The summed E-state index contributed by atoms with van der Waals surface area (Å²) in [7, 11) is 0. The summed E-state index contributed by atoms with van der Waals surface area (Å²) in [5.74, 6) is 0. The largest absolute Gasteiger partial charge is 0.372 e. The highest BCUT2D eigenvalue weighted by atomic mass is 79.9. The Morgan fingerprint density at radius 2 is 2.33 bits per heavy atom. The van der Waals surface area contributed by atoms with Crippen LogP contribution in [0, 0.1) is 11.3 Å². The molecule has 0 heterocycles. The van der Waals surface area contributed by atoms with Crippen LogP contribution in [0.5, 0.6) is 0 Å². The second-order valence-electron chi connectivity index (χ2n) is 2.14. The van der Waals surface area contributed by atoms with Crippen LogP contribution in [0.15, 0.2) is 22.7 Å². The predicted octanol–water partition coefficient (Wildman–Crippen LogP) is 3.04. The van der Waals surface area contributed by atoms with Crippen LogP contribution in [0.2, 0.25) is 5.02 Å². The van der Waals surface area contributed by atoms with Crippen molar-refractivity contribution in [2.24, 2.45) is 0 Å². The minimum atomic E-state index is 0.290.